The molecule has 0 fully saturated rings. The number of amides is 1. The number of hydrogen-bond donors (Lipinski definition) is 2. The van der Waals surface area contributed by atoms with Gasteiger partial charge in [-0.15, -0.1) is 0 Å². The van der Waals surface area contributed by atoms with Crippen LogP contribution in [-0.4, -0.2) is 39.1 Å². The quantitative estimate of drug-likeness (QED) is 0.683. The second-order valence-electron chi connectivity index (χ2n) is 5.95. The molecule has 2 aromatic heterocycles. The van der Waals surface area contributed by atoms with E-state index in [-0.39, 0.29) is 18.4 Å². The van der Waals surface area contributed by atoms with Crippen molar-refractivity contribution in [3.8, 4) is 11.4 Å². The molecule has 1 aromatic carbocycles. The minimum Gasteiger partial charge on any atom is -0.396 e. The van der Waals surface area contributed by atoms with Gasteiger partial charge in [0.25, 0.3) is 5.91 Å². The molecule has 26 heavy (non-hydrogen) atoms. The predicted molar refractivity (Wildman–Crippen MR) is 98.3 cm³/mol. The van der Waals surface area contributed by atoms with Gasteiger partial charge in [0.1, 0.15) is 0 Å². The van der Waals surface area contributed by atoms with E-state index in [0.29, 0.717) is 24.4 Å². The summed E-state index contributed by atoms with van der Waals surface area (Å²) in [4.78, 5) is 25.0. The highest BCUT2D eigenvalue weighted by Gasteiger charge is 2.13. The van der Waals surface area contributed by atoms with Gasteiger partial charge in [-0.25, -0.2) is 9.97 Å². The van der Waals surface area contributed by atoms with Crippen molar-refractivity contribution in [3.05, 3.63) is 78.4 Å². The van der Waals surface area contributed by atoms with Crippen LogP contribution >= 0.6 is 0 Å². The summed E-state index contributed by atoms with van der Waals surface area (Å²) < 4.78 is 0. The Morgan fingerprint density at radius 3 is 2.38 bits per heavy atom. The molecule has 132 valence electrons. The van der Waals surface area contributed by atoms with Gasteiger partial charge < -0.3 is 10.4 Å². The molecular weight excluding hydrogens is 328 g/mol. The van der Waals surface area contributed by atoms with Gasteiger partial charge in [0, 0.05) is 48.9 Å². The number of rotatable bonds is 7. The molecule has 1 amide bonds. The summed E-state index contributed by atoms with van der Waals surface area (Å²) in [6, 6.07) is 15.2. The third-order valence-corrected chi connectivity index (χ3v) is 3.98. The van der Waals surface area contributed by atoms with E-state index in [0.717, 1.165) is 11.3 Å². The minimum atomic E-state index is -0.260. The molecule has 0 aliphatic heterocycles. The van der Waals surface area contributed by atoms with Gasteiger partial charge in [-0.05, 0) is 18.6 Å². The lowest BCUT2D eigenvalue weighted by molar-refractivity contribution is 0.0939. The Labute approximate surface area is 152 Å². The predicted octanol–water partition coefficient (Wildman–Crippen LogP) is 2.12. The van der Waals surface area contributed by atoms with E-state index in [9.17, 15) is 9.90 Å². The van der Waals surface area contributed by atoms with Crippen LogP contribution in [0.25, 0.3) is 11.4 Å². The van der Waals surface area contributed by atoms with Crippen LogP contribution in [0.4, 0.5) is 0 Å². The molecule has 1 unspecified atom stereocenters. The summed E-state index contributed by atoms with van der Waals surface area (Å²) in [6.45, 7) is 0.326. The van der Waals surface area contributed by atoms with Crippen LogP contribution in [0.15, 0.2) is 67.1 Å². The van der Waals surface area contributed by atoms with E-state index < -0.39 is 0 Å². The summed E-state index contributed by atoms with van der Waals surface area (Å²) in [6.07, 6.45) is 5.34. The second kappa shape index (κ2) is 8.82. The summed E-state index contributed by atoms with van der Waals surface area (Å²) >= 11 is 0. The Hall–Kier alpha value is -3.12. The minimum absolute atomic E-state index is 0.0275. The molecule has 0 saturated carbocycles. The van der Waals surface area contributed by atoms with Crippen molar-refractivity contribution in [2.45, 2.75) is 6.42 Å². The number of aliphatic hydroxyl groups is 1. The molecule has 6 heteroatoms. The van der Waals surface area contributed by atoms with Crippen LogP contribution < -0.4 is 5.32 Å². The third kappa shape index (κ3) is 4.70. The van der Waals surface area contributed by atoms with Crippen LogP contribution in [-0.2, 0) is 6.42 Å². The smallest absolute Gasteiger partial charge is 0.254 e. The first-order chi connectivity index (χ1) is 12.8. The molecule has 2 heterocycles. The fourth-order valence-corrected chi connectivity index (χ4v) is 2.54. The maximum absolute atomic E-state index is 12.3. The van der Waals surface area contributed by atoms with E-state index in [4.69, 9.17) is 0 Å². The Bertz CT molecular complexity index is 823. The number of nitrogens with zero attached hydrogens (tertiary/aromatic N) is 3. The highest BCUT2D eigenvalue weighted by molar-refractivity contribution is 5.93. The normalized spacial score (nSPS) is 11.7. The standard InChI is InChI=1S/C20H20N4O2/c25-14-15(10-18-8-4-5-9-21-18)11-24-20(26)17-12-22-19(23-13-17)16-6-2-1-3-7-16/h1-9,12-13,15,25H,10-11,14H2,(H,24,26). The number of carbonyl (C=O) groups excluding carboxylic acids is 1. The monoisotopic (exact) mass is 348 g/mol. The van der Waals surface area contributed by atoms with Crippen molar-refractivity contribution >= 4 is 5.91 Å². The van der Waals surface area contributed by atoms with Crippen molar-refractivity contribution in [1.82, 2.24) is 20.3 Å². The summed E-state index contributed by atoms with van der Waals surface area (Å²) in [5, 5.41) is 12.4. The molecular formula is C20H20N4O2. The zero-order chi connectivity index (χ0) is 18.2. The fourth-order valence-electron chi connectivity index (χ4n) is 2.54. The molecule has 0 saturated heterocycles. The molecule has 0 bridgehead atoms. The molecule has 0 aliphatic carbocycles. The molecule has 3 aromatic rings. The van der Waals surface area contributed by atoms with Gasteiger partial charge in [0.2, 0.25) is 0 Å². The number of aromatic nitrogens is 3. The molecule has 0 spiro atoms. The maximum atomic E-state index is 12.3. The molecule has 6 nitrogen and oxygen atoms in total. The largest absolute Gasteiger partial charge is 0.396 e. The van der Waals surface area contributed by atoms with E-state index >= 15 is 0 Å². The zero-order valence-electron chi connectivity index (χ0n) is 14.2. The third-order valence-electron chi connectivity index (χ3n) is 3.98. The number of benzene rings is 1. The number of aliphatic hydroxyl groups excluding tert-OH is 1. The van der Waals surface area contributed by atoms with Crippen molar-refractivity contribution in [2.24, 2.45) is 5.92 Å². The average molecular weight is 348 g/mol. The first kappa shape index (κ1) is 17.7. The van der Waals surface area contributed by atoms with Gasteiger partial charge >= 0.3 is 0 Å². The highest BCUT2D eigenvalue weighted by atomic mass is 16.3. The van der Waals surface area contributed by atoms with Gasteiger partial charge in [0.05, 0.1) is 5.56 Å². The summed E-state index contributed by atoms with van der Waals surface area (Å²) in [5.74, 6) is 0.216. The Morgan fingerprint density at radius 1 is 1.00 bits per heavy atom. The van der Waals surface area contributed by atoms with Crippen molar-refractivity contribution in [3.63, 3.8) is 0 Å². The number of nitrogens with one attached hydrogen (secondary N) is 1. The molecule has 0 radical (unpaired) electrons. The van der Waals surface area contributed by atoms with E-state index in [1.807, 2.05) is 48.5 Å². The summed E-state index contributed by atoms with van der Waals surface area (Å²) in [5.41, 5.74) is 2.17. The van der Waals surface area contributed by atoms with E-state index in [1.54, 1.807) is 6.20 Å². The maximum Gasteiger partial charge on any atom is 0.254 e. The van der Waals surface area contributed by atoms with Crippen molar-refractivity contribution < 1.29 is 9.90 Å². The first-order valence-corrected chi connectivity index (χ1v) is 8.42. The lowest BCUT2D eigenvalue weighted by atomic mass is 10.0. The summed E-state index contributed by atoms with van der Waals surface area (Å²) in [7, 11) is 0. The van der Waals surface area contributed by atoms with Crippen LogP contribution in [0.2, 0.25) is 0 Å². The SMILES string of the molecule is O=C(NCC(CO)Cc1ccccn1)c1cnc(-c2ccccc2)nc1. The van der Waals surface area contributed by atoms with Crippen LogP contribution in [0.1, 0.15) is 16.1 Å². The lowest BCUT2D eigenvalue weighted by Gasteiger charge is -2.14. The molecule has 2 N–H and O–H groups in total. The Morgan fingerprint density at radius 2 is 1.73 bits per heavy atom. The van der Waals surface area contributed by atoms with E-state index in [1.165, 1.54) is 12.4 Å². The van der Waals surface area contributed by atoms with Crippen LogP contribution in [0.5, 0.6) is 0 Å². The van der Waals surface area contributed by atoms with Crippen LogP contribution in [0.3, 0.4) is 0 Å². The molecule has 1 atom stereocenters. The van der Waals surface area contributed by atoms with Crippen LogP contribution in [0, 0.1) is 5.92 Å². The topological polar surface area (TPSA) is 88.0 Å². The number of hydrogen-bond acceptors (Lipinski definition) is 5. The molecule has 0 aliphatic rings. The number of carbonyl (C=O) groups is 1. The van der Waals surface area contributed by atoms with Crippen molar-refractivity contribution in [1.29, 1.82) is 0 Å². The van der Waals surface area contributed by atoms with Gasteiger partial charge in [0.15, 0.2) is 5.82 Å². The average Bonchev–Trinajstić information content (AvgIpc) is 2.72. The van der Waals surface area contributed by atoms with Gasteiger partial charge in [-0.2, -0.15) is 0 Å². The first-order valence-electron chi connectivity index (χ1n) is 8.42. The van der Waals surface area contributed by atoms with Gasteiger partial charge in [-0.1, -0.05) is 36.4 Å². The Kier molecular flexibility index (Phi) is 6.01. The fraction of sp³-hybridized carbons (Fsp3) is 0.200. The zero-order valence-corrected chi connectivity index (χ0v) is 14.2. The van der Waals surface area contributed by atoms with E-state index in [2.05, 4.69) is 20.3 Å². The van der Waals surface area contributed by atoms with Gasteiger partial charge in [-0.3, -0.25) is 9.78 Å². The second-order valence-corrected chi connectivity index (χ2v) is 5.95. The highest BCUT2D eigenvalue weighted by Crippen LogP contribution is 2.13. The Balaban J connectivity index is 1.57. The number of pyridine rings is 1. The lowest BCUT2D eigenvalue weighted by Crippen LogP contribution is -2.32. The van der Waals surface area contributed by atoms with Crippen molar-refractivity contribution in [2.75, 3.05) is 13.2 Å². The molecule has 3 rings (SSSR count).